The lowest BCUT2D eigenvalue weighted by molar-refractivity contribution is -0.153. The van der Waals surface area contributed by atoms with E-state index < -0.39 is 23.1 Å². The zero-order valence-electron chi connectivity index (χ0n) is 13.8. The zero-order valence-corrected chi connectivity index (χ0v) is 13.8. The fourth-order valence-corrected chi connectivity index (χ4v) is 3.73. The summed E-state index contributed by atoms with van der Waals surface area (Å²) in [6, 6.07) is 0. The lowest BCUT2D eigenvalue weighted by atomic mass is 9.72. The molecule has 6 heteroatoms. The van der Waals surface area contributed by atoms with E-state index in [1.165, 1.54) is 0 Å². The summed E-state index contributed by atoms with van der Waals surface area (Å²) in [4.78, 5) is 25.0. The minimum Gasteiger partial charge on any atom is -0.479 e. The molecule has 6 nitrogen and oxygen atoms in total. The fourth-order valence-electron chi connectivity index (χ4n) is 3.73. The van der Waals surface area contributed by atoms with Gasteiger partial charge in [-0.1, -0.05) is 6.92 Å². The van der Waals surface area contributed by atoms with E-state index in [-0.39, 0.29) is 17.9 Å². The van der Waals surface area contributed by atoms with E-state index >= 15 is 0 Å². The maximum absolute atomic E-state index is 12.1. The molecule has 1 aliphatic heterocycles. The third kappa shape index (κ3) is 3.37. The number of carbonyl (C=O) groups is 2. The Labute approximate surface area is 131 Å². The van der Waals surface area contributed by atoms with Crippen LogP contribution in [-0.2, 0) is 9.53 Å². The third-order valence-electron chi connectivity index (χ3n) is 4.90. The third-order valence-corrected chi connectivity index (χ3v) is 4.90. The van der Waals surface area contributed by atoms with Crippen molar-refractivity contribution in [1.29, 1.82) is 0 Å². The highest BCUT2D eigenvalue weighted by molar-refractivity contribution is 5.74. The number of nitrogens with zero attached hydrogens (tertiary/aromatic N) is 1. The monoisotopic (exact) mass is 313 g/mol. The number of ether oxygens (including phenoxy) is 1. The van der Waals surface area contributed by atoms with Crippen LogP contribution < -0.4 is 0 Å². The van der Waals surface area contributed by atoms with Gasteiger partial charge in [-0.3, -0.25) is 0 Å². The molecule has 1 saturated carbocycles. The number of hydrogen-bond acceptors (Lipinski definition) is 4. The molecule has 3 atom stereocenters. The lowest BCUT2D eigenvalue weighted by Crippen LogP contribution is -2.49. The van der Waals surface area contributed by atoms with Crippen LogP contribution in [0.3, 0.4) is 0 Å². The normalized spacial score (nSPS) is 28.9. The van der Waals surface area contributed by atoms with Gasteiger partial charge in [-0.05, 0) is 51.9 Å². The second kappa shape index (κ2) is 5.72. The van der Waals surface area contributed by atoms with E-state index in [2.05, 4.69) is 0 Å². The average molecular weight is 313 g/mol. The molecule has 0 radical (unpaired) electrons. The summed E-state index contributed by atoms with van der Waals surface area (Å²) >= 11 is 0. The Bertz CT molecular complexity index is 452. The number of rotatable bonds is 3. The minimum atomic E-state index is -1.30. The van der Waals surface area contributed by atoms with E-state index in [0.29, 0.717) is 19.5 Å². The molecule has 1 heterocycles. The van der Waals surface area contributed by atoms with Crippen molar-refractivity contribution >= 4 is 12.1 Å². The molecular formula is C16H27NO5. The number of aliphatic carboxylic acids is 1. The van der Waals surface area contributed by atoms with Crippen molar-refractivity contribution < 1.29 is 24.5 Å². The Morgan fingerprint density at radius 1 is 1.32 bits per heavy atom. The first-order chi connectivity index (χ1) is 10.1. The Morgan fingerprint density at radius 2 is 1.91 bits per heavy atom. The van der Waals surface area contributed by atoms with Gasteiger partial charge in [0, 0.05) is 18.5 Å². The van der Waals surface area contributed by atoms with E-state index in [4.69, 9.17) is 9.84 Å². The molecule has 3 unspecified atom stereocenters. The molecule has 1 saturated heterocycles. The average Bonchev–Trinajstić information content (AvgIpc) is 3.16. The molecule has 2 fully saturated rings. The molecule has 2 N–H and O–H groups in total. The van der Waals surface area contributed by atoms with Gasteiger partial charge in [0.05, 0.1) is 0 Å². The first-order valence-corrected chi connectivity index (χ1v) is 7.95. The summed E-state index contributed by atoms with van der Waals surface area (Å²) in [5.41, 5.74) is -1.01. The van der Waals surface area contributed by atoms with Crippen molar-refractivity contribution in [2.45, 2.75) is 58.7 Å². The van der Waals surface area contributed by atoms with Gasteiger partial charge in [0.2, 0.25) is 0 Å². The van der Waals surface area contributed by atoms with Crippen molar-refractivity contribution in [3.05, 3.63) is 0 Å². The lowest BCUT2D eigenvalue weighted by Gasteiger charge is -2.42. The van der Waals surface area contributed by atoms with E-state index in [1.54, 1.807) is 4.90 Å². The number of likely N-dealkylation sites (tertiary alicyclic amines) is 1. The number of aliphatic hydroxyl groups is 1. The minimum absolute atomic E-state index is 0.136. The maximum Gasteiger partial charge on any atom is 0.410 e. The van der Waals surface area contributed by atoms with Crippen LogP contribution in [0.15, 0.2) is 0 Å². The number of amides is 1. The van der Waals surface area contributed by atoms with Crippen molar-refractivity contribution in [3.8, 4) is 0 Å². The highest BCUT2D eigenvalue weighted by Crippen LogP contribution is 2.59. The zero-order chi connectivity index (χ0) is 16.7. The summed E-state index contributed by atoms with van der Waals surface area (Å²) in [7, 11) is 0. The number of aliphatic hydroxyl groups excluding tert-OH is 1. The number of carboxylic acids is 1. The largest absolute Gasteiger partial charge is 0.479 e. The highest BCUT2D eigenvalue weighted by Gasteiger charge is 2.59. The molecular weight excluding hydrogens is 286 g/mol. The molecule has 0 aromatic carbocycles. The highest BCUT2D eigenvalue weighted by atomic mass is 16.6. The standard InChI is InChI=1S/C16H27NO5/c1-10-9-17(14(21)22-15(2,3)4)8-5-11(10)16(6-7-16)12(18)13(19)20/h10-12,18H,5-9H2,1-4H3,(H,19,20). The number of piperidine rings is 1. The summed E-state index contributed by atoms with van der Waals surface area (Å²) in [5, 5.41) is 19.1. The summed E-state index contributed by atoms with van der Waals surface area (Å²) < 4.78 is 5.39. The van der Waals surface area contributed by atoms with Crippen molar-refractivity contribution in [3.63, 3.8) is 0 Å². The van der Waals surface area contributed by atoms with Crippen molar-refractivity contribution in [1.82, 2.24) is 4.90 Å². The molecule has 0 spiro atoms. The van der Waals surface area contributed by atoms with Crippen LogP contribution in [0.4, 0.5) is 4.79 Å². The number of carbonyl (C=O) groups excluding carboxylic acids is 1. The Balaban J connectivity index is 1.99. The van der Waals surface area contributed by atoms with Gasteiger partial charge >= 0.3 is 12.1 Å². The van der Waals surface area contributed by atoms with Gasteiger partial charge in [-0.2, -0.15) is 0 Å². The quantitative estimate of drug-likeness (QED) is 0.833. The summed E-state index contributed by atoms with van der Waals surface area (Å²) in [5.74, 6) is -0.852. The Kier molecular flexibility index (Phi) is 4.44. The second-order valence-corrected chi connectivity index (χ2v) is 7.77. The fraction of sp³-hybridized carbons (Fsp3) is 0.875. The van der Waals surface area contributed by atoms with Gasteiger partial charge in [0.15, 0.2) is 6.10 Å². The van der Waals surface area contributed by atoms with Crippen LogP contribution in [-0.4, -0.2) is 52.0 Å². The van der Waals surface area contributed by atoms with E-state index in [1.807, 2.05) is 27.7 Å². The predicted octanol–water partition coefficient (Wildman–Crippen LogP) is 2.11. The van der Waals surface area contributed by atoms with Crippen molar-refractivity contribution in [2.75, 3.05) is 13.1 Å². The summed E-state index contributed by atoms with van der Waals surface area (Å²) in [6.45, 7) is 8.64. The Morgan fingerprint density at radius 3 is 2.32 bits per heavy atom. The van der Waals surface area contributed by atoms with Gasteiger partial charge in [0.1, 0.15) is 5.60 Å². The van der Waals surface area contributed by atoms with Gasteiger partial charge < -0.3 is 19.8 Å². The van der Waals surface area contributed by atoms with Gasteiger partial charge in [0.25, 0.3) is 0 Å². The van der Waals surface area contributed by atoms with Crippen LogP contribution in [0.2, 0.25) is 0 Å². The van der Waals surface area contributed by atoms with Crippen LogP contribution in [0, 0.1) is 17.3 Å². The Hall–Kier alpha value is -1.30. The molecule has 126 valence electrons. The molecule has 2 aliphatic rings. The molecule has 2 rings (SSSR count). The maximum atomic E-state index is 12.1. The first kappa shape index (κ1) is 17.1. The molecule has 0 aromatic rings. The SMILES string of the molecule is CC1CN(C(=O)OC(C)(C)C)CCC1C1(C(O)C(=O)O)CC1. The van der Waals surface area contributed by atoms with Crippen LogP contribution >= 0.6 is 0 Å². The molecule has 1 amide bonds. The van der Waals surface area contributed by atoms with Crippen molar-refractivity contribution in [2.24, 2.45) is 17.3 Å². The van der Waals surface area contributed by atoms with Crippen LogP contribution in [0.25, 0.3) is 0 Å². The topological polar surface area (TPSA) is 87.1 Å². The van der Waals surface area contributed by atoms with E-state index in [9.17, 15) is 14.7 Å². The molecule has 22 heavy (non-hydrogen) atoms. The second-order valence-electron chi connectivity index (χ2n) is 7.77. The van der Waals surface area contributed by atoms with Gasteiger partial charge in [-0.25, -0.2) is 9.59 Å². The molecule has 0 aromatic heterocycles. The molecule has 0 bridgehead atoms. The van der Waals surface area contributed by atoms with Crippen LogP contribution in [0.5, 0.6) is 0 Å². The van der Waals surface area contributed by atoms with E-state index in [0.717, 1.165) is 12.8 Å². The molecule has 1 aliphatic carbocycles. The number of carboxylic acid groups (broad SMARTS) is 1. The smallest absolute Gasteiger partial charge is 0.410 e. The predicted molar refractivity (Wildman–Crippen MR) is 80.4 cm³/mol. The summed E-state index contributed by atoms with van der Waals surface area (Å²) in [6.07, 6.45) is 0.601. The van der Waals surface area contributed by atoms with Gasteiger partial charge in [-0.15, -0.1) is 0 Å². The first-order valence-electron chi connectivity index (χ1n) is 7.95. The number of hydrogen-bond donors (Lipinski definition) is 2. The van der Waals surface area contributed by atoms with Crippen LogP contribution in [0.1, 0.15) is 47.0 Å².